The Hall–Kier alpha value is -3.50. The summed E-state index contributed by atoms with van der Waals surface area (Å²) in [5, 5.41) is 29.5. The van der Waals surface area contributed by atoms with E-state index in [9.17, 15) is 26.3 Å². The van der Waals surface area contributed by atoms with Gasteiger partial charge in [-0.25, -0.2) is 0 Å². The maximum atomic E-state index is 10.5. The Morgan fingerprint density at radius 2 is 0.941 bits per heavy atom. The fourth-order valence-corrected chi connectivity index (χ4v) is 6.23. The van der Waals surface area contributed by atoms with E-state index >= 15 is 0 Å². The zero-order valence-corrected chi connectivity index (χ0v) is 29.5. The highest BCUT2D eigenvalue weighted by molar-refractivity contribution is 6.40. The van der Waals surface area contributed by atoms with Crippen molar-refractivity contribution in [1.82, 2.24) is 0 Å². The topological polar surface area (TPSA) is 144 Å². The minimum absolute atomic E-state index is 0. The maximum absolute atomic E-state index is 10.5. The molecule has 4 bridgehead atoms. The van der Waals surface area contributed by atoms with Gasteiger partial charge in [-0.05, 0) is 37.8 Å². The number of halogens is 10. The lowest BCUT2D eigenvalue weighted by atomic mass is 10.1. The molecular weight excluding hydrogens is 776 g/mol. The number of benzene rings is 2. The van der Waals surface area contributed by atoms with Crippen molar-refractivity contribution < 1.29 is 60.8 Å². The molecule has 4 heterocycles. The summed E-state index contributed by atoms with van der Waals surface area (Å²) in [6.07, 6.45) is 0.326. The normalized spacial score (nSPS) is 14.2. The third-order valence-electron chi connectivity index (χ3n) is 7.31. The summed E-state index contributed by atoms with van der Waals surface area (Å²) in [6, 6.07) is 12.0. The number of aromatic nitrogens is 2. The van der Waals surface area contributed by atoms with E-state index in [2.05, 4.69) is 44.3 Å². The summed E-state index contributed by atoms with van der Waals surface area (Å²) in [5.74, 6) is -6.01. The van der Waals surface area contributed by atoms with Gasteiger partial charge in [-0.1, -0.05) is 46.4 Å². The molecule has 2 aromatic heterocycles. The van der Waals surface area contributed by atoms with Crippen LogP contribution in [0.1, 0.15) is 38.5 Å². The van der Waals surface area contributed by atoms with Gasteiger partial charge in [0.05, 0.1) is 32.2 Å². The lowest BCUT2D eigenvalue weighted by Crippen LogP contribution is -2.37. The van der Waals surface area contributed by atoms with Crippen LogP contribution < -0.4 is 30.0 Å². The summed E-state index contributed by atoms with van der Waals surface area (Å²) in [4.78, 5) is 17.6. The van der Waals surface area contributed by atoms with Crippen molar-refractivity contribution >= 4 is 91.5 Å². The standard InChI is InChI=1S/C28H28Cl4N4.2C2HF3O2.H2O/c29-19-15-21(31)27-23-7-13-35(25(27)17-19)11-5-2-6-12-36-14-8-24(34-10-4-1-3-9-33-23)28-22(32)16-20(30)18-26(28)36;2*3-2(4,5)1(6)7;/h7-8,13-18H,1-6,9-12H2;2*(H,6,7);1H2. The van der Waals surface area contributed by atoms with E-state index in [1.54, 1.807) is 0 Å². The fraction of sp³-hybridized carbons (Fsp3) is 0.375. The Kier molecular flexibility index (Phi) is 16.6. The number of hydrogen-bond donors (Lipinski definition) is 2. The molecule has 4 aromatic rings. The third kappa shape index (κ3) is 12.9. The van der Waals surface area contributed by atoms with Crippen LogP contribution >= 0.6 is 46.4 Å². The number of aliphatic carboxylic acids is 2. The van der Waals surface area contributed by atoms with Gasteiger partial charge in [0.15, 0.2) is 12.4 Å². The summed E-state index contributed by atoms with van der Waals surface area (Å²) >= 11 is 26.1. The number of anilines is 2. The van der Waals surface area contributed by atoms with Gasteiger partial charge in [0.1, 0.15) is 25.0 Å². The zero-order chi connectivity index (χ0) is 37.2. The fourth-order valence-electron chi connectivity index (χ4n) is 5.06. The van der Waals surface area contributed by atoms with Crippen molar-refractivity contribution in [3.05, 3.63) is 68.9 Å². The van der Waals surface area contributed by atoms with Crippen LogP contribution in [0.2, 0.25) is 20.1 Å². The van der Waals surface area contributed by atoms with E-state index in [-0.39, 0.29) is 5.48 Å². The molecule has 0 unspecified atom stereocenters. The molecule has 0 saturated carbocycles. The molecule has 4 N–H and O–H groups in total. The second-order valence-electron chi connectivity index (χ2n) is 11.0. The Balaban J connectivity index is 0.000000509. The summed E-state index contributed by atoms with van der Waals surface area (Å²) in [7, 11) is 0. The first-order valence-electron chi connectivity index (χ1n) is 15.1. The Morgan fingerprint density at radius 1 is 0.608 bits per heavy atom. The van der Waals surface area contributed by atoms with E-state index in [4.69, 9.17) is 66.2 Å². The summed E-state index contributed by atoms with van der Waals surface area (Å²) < 4.78 is 67.6. The van der Waals surface area contributed by atoms with Crippen molar-refractivity contribution in [2.45, 2.75) is 64.0 Å². The van der Waals surface area contributed by atoms with Gasteiger partial charge in [0.2, 0.25) is 11.0 Å². The molecule has 2 aliphatic heterocycles. The molecule has 51 heavy (non-hydrogen) atoms. The number of fused-ring (bicyclic) bond motifs is 12. The van der Waals surface area contributed by atoms with Gasteiger partial charge in [0, 0.05) is 60.2 Å². The van der Waals surface area contributed by atoms with Crippen LogP contribution in [0.15, 0.2) is 48.8 Å². The highest BCUT2D eigenvalue weighted by atomic mass is 35.5. The number of alkyl halides is 6. The lowest BCUT2D eigenvalue weighted by molar-refractivity contribution is -0.675. The molecule has 0 saturated heterocycles. The van der Waals surface area contributed by atoms with Crippen LogP contribution in [0.3, 0.4) is 0 Å². The van der Waals surface area contributed by atoms with Crippen LogP contribution in [-0.4, -0.2) is 42.9 Å². The van der Waals surface area contributed by atoms with Crippen LogP contribution in [0.5, 0.6) is 0 Å². The van der Waals surface area contributed by atoms with E-state index in [1.165, 1.54) is 0 Å². The Labute approximate surface area is 308 Å². The summed E-state index contributed by atoms with van der Waals surface area (Å²) in [5.41, 5.74) is 4.25. The molecule has 0 atom stereocenters. The molecule has 0 radical (unpaired) electrons. The van der Waals surface area contributed by atoms with Crippen molar-refractivity contribution in [2.75, 3.05) is 23.7 Å². The van der Waals surface area contributed by atoms with Gasteiger partial charge in [-0.2, -0.15) is 35.5 Å². The number of pyridine rings is 2. The lowest BCUT2D eigenvalue weighted by Gasteiger charge is -2.13. The number of carboxylic acid groups (broad SMARTS) is 2. The maximum Gasteiger partial charge on any atom is 0.430 e. The van der Waals surface area contributed by atoms with Crippen LogP contribution in [0, 0.1) is 0 Å². The quantitative estimate of drug-likeness (QED) is 0.169. The van der Waals surface area contributed by atoms with Crippen LogP contribution in [0.4, 0.5) is 37.7 Å². The summed E-state index contributed by atoms with van der Waals surface area (Å²) in [6.45, 7) is 3.58. The van der Waals surface area contributed by atoms with Gasteiger partial charge in [-0.15, -0.1) is 0 Å². The molecule has 0 fully saturated rings. The number of carboxylic acids is 2. The first-order valence-corrected chi connectivity index (χ1v) is 16.6. The average molecular weight is 808 g/mol. The SMILES string of the molecule is Clc1cc(Cl)c2c3cc[n+](c2c1)CCCCC[n+]1ccc(c2c(Cl)cc(Cl)cc21)NCCCCCN3.O.O=C([O-])C(F)(F)F.O=C([O-])C(F)(F)F. The van der Waals surface area contributed by atoms with E-state index in [1.807, 2.05) is 24.3 Å². The molecule has 2 aromatic carbocycles. The highest BCUT2D eigenvalue weighted by Crippen LogP contribution is 2.33. The molecule has 19 heteroatoms. The molecule has 0 aliphatic carbocycles. The van der Waals surface area contributed by atoms with Gasteiger partial charge >= 0.3 is 12.4 Å². The predicted molar refractivity (Wildman–Crippen MR) is 179 cm³/mol. The second-order valence-corrected chi connectivity index (χ2v) is 12.6. The molecule has 9 nitrogen and oxygen atoms in total. The van der Waals surface area contributed by atoms with Crippen LogP contribution in [-0.2, 0) is 22.7 Å². The van der Waals surface area contributed by atoms with Crippen molar-refractivity contribution in [2.24, 2.45) is 0 Å². The number of rotatable bonds is 0. The average Bonchev–Trinajstić information content (AvgIpc) is 3.00. The zero-order valence-electron chi connectivity index (χ0n) is 26.5. The molecule has 6 rings (SSSR count). The first-order chi connectivity index (χ1) is 23.4. The highest BCUT2D eigenvalue weighted by Gasteiger charge is 2.29. The number of nitrogens with zero attached hydrogens (tertiary/aromatic N) is 2. The molecule has 280 valence electrons. The monoisotopic (exact) mass is 806 g/mol. The number of carbonyl (C=O) groups excluding carboxylic acids is 2. The van der Waals surface area contributed by atoms with Gasteiger partial charge < -0.3 is 35.9 Å². The van der Waals surface area contributed by atoms with E-state index in [0.717, 1.165) is 97.9 Å². The number of nitrogens with one attached hydrogen (secondary N) is 2. The minimum atomic E-state index is -5.19. The number of aryl methyl sites for hydroxylation is 2. The first kappa shape index (κ1) is 43.7. The number of carbonyl (C=O) groups is 2. The van der Waals surface area contributed by atoms with Gasteiger partial charge in [0.25, 0.3) is 0 Å². The predicted octanol–water partition coefficient (Wildman–Crippen LogP) is 5.83. The minimum Gasteiger partial charge on any atom is -0.542 e. The van der Waals surface area contributed by atoms with Crippen molar-refractivity contribution in [3.8, 4) is 0 Å². The molecule has 0 amide bonds. The third-order valence-corrected chi connectivity index (χ3v) is 8.35. The smallest absolute Gasteiger partial charge is 0.430 e. The number of hydrogen-bond acceptors (Lipinski definition) is 6. The molecule has 0 spiro atoms. The Morgan fingerprint density at radius 3 is 1.27 bits per heavy atom. The molecule has 2 aliphatic rings. The van der Waals surface area contributed by atoms with Crippen molar-refractivity contribution in [1.29, 1.82) is 0 Å². The molecular formula is C32H32Cl4F6N4O5. The largest absolute Gasteiger partial charge is 0.542 e. The van der Waals surface area contributed by atoms with E-state index in [0.29, 0.717) is 20.1 Å². The van der Waals surface area contributed by atoms with Crippen molar-refractivity contribution in [3.63, 3.8) is 0 Å². The Bertz CT molecular complexity index is 1700. The second kappa shape index (κ2) is 19.4. The van der Waals surface area contributed by atoms with Crippen LogP contribution in [0.25, 0.3) is 21.8 Å². The van der Waals surface area contributed by atoms with Gasteiger partial charge in [-0.3, -0.25) is 0 Å². The van der Waals surface area contributed by atoms with E-state index < -0.39 is 24.3 Å².